The molecule has 0 spiro atoms. The van der Waals surface area contributed by atoms with Crippen molar-refractivity contribution in [3.63, 3.8) is 0 Å². The van der Waals surface area contributed by atoms with Crippen LogP contribution < -0.4 is 10.2 Å². The molecule has 1 aliphatic rings. The van der Waals surface area contributed by atoms with E-state index in [1.165, 1.54) is 6.07 Å². The van der Waals surface area contributed by atoms with E-state index in [4.69, 9.17) is 0 Å². The van der Waals surface area contributed by atoms with Gasteiger partial charge in [-0.15, -0.1) is 0 Å². The second-order valence-electron chi connectivity index (χ2n) is 9.90. The van der Waals surface area contributed by atoms with Crippen LogP contribution in [-0.2, 0) is 11.2 Å². The van der Waals surface area contributed by atoms with Crippen LogP contribution in [0, 0.1) is 5.82 Å². The lowest BCUT2D eigenvalue weighted by molar-refractivity contribution is -0.126. The van der Waals surface area contributed by atoms with Crippen molar-refractivity contribution in [1.82, 2.24) is 15.2 Å². The van der Waals surface area contributed by atoms with Gasteiger partial charge in [0.2, 0.25) is 5.91 Å². The van der Waals surface area contributed by atoms with Crippen LogP contribution in [0.2, 0.25) is 0 Å². The number of benzene rings is 3. The molecule has 3 aromatic carbocycles. The highest BCUT2D eigenvalue weighted by Gasteiger charge is 2.30. The summed E-state index contributed by atoms with van der Waals surface area (Å²) in [4.78, 5) is 34.5. The van der Waals surface area contributed by atoms with E-state index in [9.17, 15) is 9.59 Å². The van der Waals surface area contributed by atoms with Crippen molar-refractivity contribution in [1.29, 1.82) is 0 Å². The van der Waals surface area contributed by atoms with Gasteiger partial charge in [-0.05, 0) is 41.8 Å². The largest absolute Gasteiger partial charge is 0.367 e. The van der Waals surface area contributed by atoms with Crippen molar-refractivity contribution in [2.24, 2.45) is 0 Å². The summed E-state index contributed by atoms with van der Waals surface area (Å²) in [7, 11) is 0. The third-order valence-corrected chi connectivity index (χ3v) is 7.31. The maximum Gasteiger partial charge on any atom is 0.241 e. The summed E-state index contributed by atoms with van der Waals surface area (Å²) in [5.41, 5.74) is 4.38. The Bertz CT molecular complexity index is 1450. The first-order valence-electron chi connectivity index (χ1n) is 13.7. The maximum atomic E-state index is 15.3. The molecule has 2 heterocycles. The van der Waals surface area contributed by atoms with Gasteiger partial charge >= 0.3 is 0 Å². The number of likely N-dealkylation sites (N-methyl/N-ethyl adjacent to an activating group) is 1. The van der Waals surface area contributed by atoms with Crippen molar-refractivity contribution in [2.75, 3.05) is 37.6 Å². The number of carbonyl (C=O) groups is 2. The topological polar surface area (TPSA) is 65.5 Å². The Balaban J connectivity index is 1.26. The number of hydrogen-bond acceptors (Lipinski definition) is 5. The molecular formula is C33H33FN4O2. The number of Topliss-reactive ketones (excluding diaryl/α,β-unsaturated/α-hetero) is 1. The minimum absolute atomic E-state index is 0.0209. The smallest absolute Gasteiger partial charge is 0.241 e. The minimum atomic E-state index is -0.379. The Morgan fingerprint density at radius 3 is 2.38 bits per heavy atom. The van der Waals surface area contributed by atoms with Crippen molar-refractivity contribution in [3.05, 3.63) is 120 Å². The average Bonchev–Trinajstić information content (AvgIpc) is 2.99. The van der Waals surface area contributed by atoms with E-state index in [1.807, 2.05) is 78.6 Å². The second-order valence-corrected chi connectivity index (χ2v) is 9.90. The molecule has 7 heteroatoms. The van der Waals surface area contributed by atoms with Gasteiger partial charge < -0.3 is 10.2 Å². The van der Waals surface area contributed by atoms with E-state index < -0.39 is 0 Å². The van der Waals surface area contributed by atoms with E-state index in [0.29, 0.717) is 49.5 Å². The minimum Gasteiger partial charge on any atom is -0.367 e. The lowest BCUT2D eigenvalue weighted by Gasteiger charge is -2.39. The van der Waals surface area contributed by atoms with Crippen LogP contribution in [0.4, 0.5) is 10.1 Å². The fraction of sp³-hybridized carbons (Fsp3) is 0.242. The molecule has 0 unspecified atom stereocenters. The molecule has 0 saturated carbocycles. The molecule has 1 fully saturated rings. The Hall–Kier alpha value is -4.36. The van der Waals surface area contributed by atoms with Crippen LogP contribution >= 0.6 is 0 Å². The van der Waals surface area contributed by atoms with Gasteiger partial charge in [0, 0.05) is 62.7 Å². The number of carbonyl (C=O) groups excluding carboxylic acids is 2. The predicted octanol–water partition coefficient (Wildman–Crippen LogP) is 5.31. The van der Waals surface area contributed by atoms with Gasteiger partial charge in [0.15, 0.2) is 5.78 Å². The van der Waals surface area contributed by atoms with E-state index >= 15 is 4.39 Å². The molecule has 0 bridgehead atoms. The van der Waals surface area contributed by atoms with Crippen LogP contribution in [0.5, 0.6) is 0 Å². The van der Waals surface area contributed by atoms with Gasteiger partial charge in [-0.2, -0.15) is 0 Å². The van der Waals surface area contributed by atoms with Gasteiger partial charge in [0.25, 0.3) is 0 Å². The molecule has 0 aliphatic carbocycles. The number of rotatable bonds is 9. The van der Waals surface area contributed by atoms with Crippen LogP contribution in [0.25, 0.3) is 11.1 Å². The Morgan fingerprint density at radius 2 is 1.68 bits per heavy atom. The molecule has 1 aliphatic heterocycles. The van der Waals surface area contributed by atoms with Crippen LogP contribution in [0.1, 0.15) is 34.5 Å². The summed E-state index contributed by atoms with van der Waals surface area (Å²) in [5, 5.41) is 2.95. The van der Waals surface area contributed by atoms with Gasteiger partial charge in [0.1, 0.15) is 11.9 Å². The molecule has 1 saturated heterocycles. The first kappa shape index (κ1) is 27.2. The van der Waals surface area contributed by atoms with E-state index in [0.717, 1.165) is 16.7 Å². The van der Waals surface area contributed by atoms with E-state index in [-0.39, 0.29) is 30.0 Å². The second kappa shape index (κ2) is 12.7. The summed E-state index contributed by atoms with van der Waals surface area (Å²) < 4.78 is 15.3. The van der Waals surface area contributed by atoms with Crippen LogP contribution in [0.15, 0.2) is 97.3 Å². The molecule has 6 nitrogen and oxygen atoms in total. The highest BCUT2D eigenvalue weighted by Crippen LogP contribution is 2.28. The summed E-state index contributed by atoms with van der Waals surface area (Å²) in [6, 6.07) is 25.7. The summed E-state index contributed by atoms with van der Waals surface area (Å²) in [6.07, 6.45) is 3.54. The number of anilines is 1. The van der Waals surface area contributed by atoms with Crippen molar-refractivity contribution in [3.8, 4) is 11.1 Å². The number of ketones is 1. The molecule has 204 valence electrons. The van der Waals surface area contributed by atoms with Crippen molar-refractivity contribution in [2.45, 2.75) is 19.4 Å². The zero-order valence-electron chi connectivity index (χ0n) is 22.6. The zero-order valence-corrected chi connectivity index (χ0v) is 22.6. The fourth-order valence-corrected chi connectivity index (χ4v) is 5.35. The lowest BCUT2D eigenvalue weighted by Crippen LogP contribution is -2.51. The summed E-state index contributed by atoms with van der Waals surface area (Å²) in [5.74, 6) is -0.437. The summed E-state index contributed by atoms with van der Waals surface area (Å²) >= 11 is 0. The zero-order chi connectivity index (χ0) is 27.9. The van der Waals surface area contributed by atoms with Gasteiger partial charge in [-0.1, -0.05) is 66.7 Å². The number of aromatic nitrogens is 1. The Kier molecular flexibility index (Phi) is 8.62. The highest BCUT2D eigenvalue weighted by atomic mass is 19.1. The maximum absolute atomic E-state index is 15.3. The first-order valence-corrected chi connectivity index (χ1v) is 13.7. The van der Waals surface area contributed by atoms with Crippen molar-refractivity contribution < 1.29 is 14.0 Å². The molecule has 0 radical (unpaired) electrons. The Labute approximate surface area is 234 Å². The van der Waals surface area contributed by atoms with Gasteiger partial charge in [0.05, 0.1) is 5.69 Å². The van der Waals surface area contributed by atoms with Crippen LogP contribution in [-0.4, -0.2) is 54.3 Å². The molecule has 1 N–H and O–H groups in total. The fourth-order valence-electron chi connectivity index (χ4n) is 5.35. The third-order valence-electron chi connectivity index (χ3n) is 7.31. The standard InChI is InChI=1S/C33H33FN4O2/c1-2-36-33(40)32(25-9-4-3-5-10-25)38-19-17-37(18-20-38)30-15-14-24(21-29(30)34)22-31(39)28-13-7-6-12-27(28)26-11-8-16-35-23-26/h3-16,21,23,32H,2,17-20,22H2,1H3,(H,36,40)/t32-/m0/s1. The lowest BCUT2D eigenvalue weighted by atomic mass is 9.95. The number of nitrogens with zero attached hydrogens (tertiary/aromatic N) is 3. The van der Waals surface area contributed by atoms with Gasteiger partial charge in [-0.25, -0.2) is 4.39 Å². The first-order chi connectivity index (χ1) is 19.5. The molecule has 1 amide bonds. The van der Waals surface area contributed by atoms with Crippen molar-refractivity contribution >= 4 is 17.4 Å². The number of halogens is 1. The van der Waals surface area contributed by atoms with E-state index in [2.05, 4.69) is 15.2 Å². The SMILES string of the molecule is CCNC(=O)[C@H](c1ccccc1)N1CCN(c2ccc(CC(=O)c3ccccc3-c3cccnc3)cc2F)CC1. The summed E-state index contributed by atoms with van der Waals surface area (Å²) in [6.45, 7) is 4.92. The normalized spacial score (nSPS) is 14.5. The molecular weight excluding hydrogens is 503 g/mol. The van der Waals surface area contributed by atoms with Gasteiger partial charge in [-0.3, -0.25) is 19.5 Å². The van der Waals surface area contributed by atoms with E-state index in [1.54, 1.807) is 24.5 Å². The van der Waals surface area contributed by atoms with Crippen LogP contribution in [0.3, 0.4) is 0 Å². The molecule has 1 atom stereocenters. The molecule has 4 aromatic rings. The predicted molar refractivity (Wildman–Crippen MR) is 156 cm³/mol. The monoisotopic (exact) mass is 536 g/mol. The number of piperazine rings is 1. The third kappa shape index (κ3) is 6.10. The Morgan fingerprint density at radius 1 is 0.925 bits per heavy atom. The number of nitrogens with one attached hydrogen (secondary N) is 1. The highest BCUT2D eigenvalue weighted by molar-refractivity contribution is 6.03. The number of pyridine rings is 1. The quantitative estimate of drug-likeness (QED) is 0.294. The average molecular weight is 537 g/mol. The number of amides is 1. The molecule has 5 rings (SSSR count). The number of hydrogen-bond donors (Lipinski definition) is 1. The molecule has 1 aromatic heterocycles. The molecule has 40 heavy (non-hydrogen) atoms.